The first-order valence-corrected chi connectivity index (χ1v) is 23.8. The van der Waals surface area contributed by atoms with E-state index >= 15 is 0 Å². The summed E-state index contributed by atoms with van der Waals surface area (Å²) in [6.07, 6.45) is 44.3. The zero-order chi connectivity index (χ0) is 41.4. The van der Waals surface area contributed by atoms with E-state index in [2.05, 4.69) is 62.5 Å². The molecule has 0 spiro atoms. The van der Waals surface area contributed by atoms with Crippen LogP contribution in [0.3, 0.4) is 0 Å². The van der Waals surface area contributed by atoms with Crippen molar-refractivity contribution in [3.63, 3.8) is 0 Å². The van der Waals surface area contributed by atoms with Crippen molar-refractivity contribution in [1.82, 2.24) is 0 Å². The van der Waals surface area contributed by atoms with Gasteiger partial charge in [-0.25, -0.2) is 0 Å². The lowest BCUT2D eigenvalue weighted by molar-refractivity contribution is -0.870. The average molecular weight is 810 g/mol. The van der Waals surface area contributed by atoms with Crippen LogP contribution in [0.5, 0.6) is 0 Å². The van der Waals surface area contributed by atoms with Gasteiger partial charge < -0.3 is 27.9 Å². The van der Waals surface area contributed by atoms with Crippen molar-refractivity contribution in [2.24, 2.45) is 0 Å². The molecule has 0 radical (unpaired) electrons. The second-order valence-electron chi connectivity index (χ2n) is 16.1. The summed E-state index contributed by atoms with van der Waals surface area (Å²) < 4.78 is 33.8. The van der Waals surface area contributed by atoms with Crippen LogP contribution in [0.15, 0.2) is 48.6 Å². The number of likely N-dealkylation sites (N-methyl/N-ethyl adjacent to an activating group) is 1. The van der Waals surface area contributed by atoms with E-state index < -0.39 is 32.5 Å². The molecule has 0 bridgehead atoms. The highest BCUT2D eigenvalue weighted by Crippen LogP contribution is 2.38. The number of hydrogen-bond acceptors (Lipinski definition) is 8. The van der Waals surface area contributed by atoms with Gasteiger partial charge in [0.2, 0.25) is 0 Å². The first-order valence-electron chi connectivity index (χ1n) is 22.3. The second-order valence-corrected chi connectivity index (χ2v) is 17.5. The third-order valence-corrected chi connectivity index (χ3v) is 10.3. The highest BCUT2D eigenvalue weighted by atomic mass is 31.2. The van der Waals surface area contributed by atoms with Gasteiger partial charge in [-0.15, -0.1) is 0 Å². The fourth-order valence-electron chi connectivity index (χ4n) is 5.77. The van der Waals surface area contributed by atoms with Crippen molar-refractivity contribution in [1.29, 1.82) is 0 Å². The van der Waals surface area contributed by atoms with E-state index in [0.717, 1.165) is 44.9 Å². The third kappa shape index (κ3) is 41.6. The molecule has 326 valence electrons. The molecule has 0 fully saturated rings. The number of allylic oxidation sites excluding steroid dienone is 8. The Morgan fingerprint density at radius 2 is 1.00 bits per heavy atom. The molecule has 0 aromatic rings. The Morgan fingerprint density at radius 1 is 0.554 bits per heavy atom. The van der Waals surface area contributed by atoms with Crippen LogP contribution in [0.1, 0.15) is 181 Å². The van der Waals surface area contributed by atoms with Gasteiger partial charge in [0.25, 0.3) is 7.82 Å². The molecular weight excluding hydrogens is 725 g/mol. The molecule has 0 heterocycles. The molecule has 2 atom stereocenters. The number of unbranched alkanes of at least 4 members (excludes halogenated alkanes) is 18. The molecule has 0 aromatic heterocycles. The monoisotopic (exact) mass is 810 g/mol. The lowest BCUT2D eigenvalue weighted by Crippen LogP contribution is -2.37. The third-order valence-electron chi connectivity index (χ3n) is 9.32. The van der Waals surface area contributed by atoms with Gasteiger partial charge >= 0.3 is 11.9 Å². The molecule has 0 N–H and O–H groups in total. The zero-order valence-corrected chi connectivity index (χ0v) is 37.5. The van der Waals surface area contributed by atoms with E-state index in [1.807, 2.05) is 21.1 Å². The van der Waals surface area contributed by atoms with Gasteiger partial charge in [0.1, 0.15) is 19.8 Å². The molecule has 0 saturated heterocycles. The molecule has 0 rings (SSSR count). The normalized spacial score (nSPS) is 14.0. The molecule has 1 unspecified atom stereocenters. The molecule has 0 aromatic carbocycles. The number of carbonyl (C=O) groups is 2. The van der Waals surface area contributed by atoms with Crippen LogP contribution in [-0.4, -0.2) is 70.0 Å². The summed E-state index contributed by atoms with van der Waals surface area (Å²) in [4.78, 5) is 37.5. The van der Waals surface area contributed by atoms with Gasteiger partial charge in [-0.3, -0.25) is 14.2 Å². The Kier molecular flexibility index (Phi) is 37.1. The summed E-state index contributed by atoms with van der Waals surface area (Å²) in [5.41, 5.74) is 0. The SMILES string of the molecule is CCCC/C=C/CCCCCCCCCCCC(=O)O[C@H](COC(=O)CCC/C=C/C/C=C/C/C=C/CCCCCCCC)COP(=O)([O-])OCC[N+](C)(C)C. The van der Waals surface area contributed by atoms with Crippen molar-refractivity contribution in [3.05, 3.63) is 48.6 Å². The number of esters is 2. The Hall–Kier alpha value is -2.03. The maximum absolute atomic E-state index is 12.7. The Balaban J connectivity index is 4.43. The topological polar surface area (TPSA) is 111 Å². The number of phosphoric acid groups is 1. The van der Waals surface area contributed by atoms with Crippen LogP contribution in [0.4, 0.5) is 0 Å². The summed E-state index contributed by atoms with van der Waals surface area (Å²) in [7, 11) is 1.13. The van der Waals surface area contributed by atoms with Gasteiger partial charge in [0, 0.05) is 12.8 Å². The van der Waals surface area contributed by atoms with E-state index in [-0.39, 0.29) is 26.1 Å². The van der Waals surface area contributed by atoms with E-state index in [0.29, 0.717) is 23.9 Å². The molecule has 56 heavy (non-hydrogen) atoms. The molecule has 0 aliphatic carbocycles. The molecule has 0 saturated carbocycles. The van der Waals surface area contributed by atoms with Crippen LogP contribution in [0, 0.1) is 0 Å². The number of ether oxygens (including phenoxy) is 2. The number of carbonyl (C=O) groups excluding carboxylic acids is 2. The van der Waals surface area contributed by atoms with E-state index in [1.54, 1.807) is 0 Å². The lowest BCUT2D eigenvalue weighted by Gasteiger charge is -2.28. The van der Waals surface area contributed by atoms with Crippen molar-refractivity contribution < 1.29 is 42.1 Å². The quantitative estimate of drug-likeness (QED) is 0.0198. The number of quaternary nitrogens is 1. The van der Waals surface area contributed by atoms with Crippen LogP contribution >= 0.6 is 7.82 Å². The van der Waals surface area contributed by atoms with Crippen molar-refractivity contribution in [2.75, 3.05) is 47.5 Å². The Labute approximate surface area is 343 Å². The number of hydrogen-bond donors (Lipinski definition) is 0. The molecule has 0 aliphatic rings. The molecule has 0 aliphatic heterocycles. The second kappa shape index (κ2) is 38.5. The number of nitrogens with zero attached hydrogens (tertiary/aromatic N) is 1. The number of rotatable bonds is 40. The molecule has 9 nitrogen and oxygen atoms in total. The van der Waals surface area contributed by atoms with Gasteiger partial charge in [-0.05, 0) is 64.2 Å². The summed E-state index contributed by atoms with van der Waals surface area (Å²) in [6.45, 7) is 4.13. The maximum atomic E-state index is 12.7. The summed E-state index contributed by atoms with van der Waals surface area (Å²) in [6, 6.07) is 0. The summed E-state index contributed by atoms with van der Waals surface area (Å²) >= 11 is 0. The Morgan fingerprint density at radius 3 is 1.55 bits per heavy atom. The molecule has 0 amide bonds. The zero-order valence-electron chi connectivity index (χ0n) is 36.6. The predicted molar refractivity (Wildman–Crippen MR) is 231 cm³/mol. The lowest BCUT2D eigenvalue weighted by atomic mass is 10.1. The minimum absolute atomic E-state index is 0.0397. The van der Waals surface area contributed by atoms with E-state index in [1.165, 1.54) is 96.3 Å². The van der Waals surface area contributed by atoms with E-state index in [4.69, 9.17) is 18.5 Å². The highest BCUT2D eigenvalue weighted by molar-refractivity contribution is 7.45. The minimum Gasteiger partial charge on any atom is -0.756 e. The van der Waals surface area contributed by atoms with Crippen LogP contribution in [0.25, 0.3) is 0 Å². The summed E-state index contributed by atoms with van der Waals surface area (Å²) in [5, 5.41) is 0. The first-order chi connectivity index (χ1) is 27.0. The molecule has 10 heteroatoms. The van der Waals surface area contributed by atoms with Gasteiger partial charge in [0.05, 0.1) is 27.7 Å². The van der Waals surface area contributed by atoms with Crippen molar-refractivity contribution >= 4 is 19.8 Å². The van der Waals surface area contributed by atoms with Crippen molar-refractivity contribution in [2.45, 2.75) is 187 Å². The minimum atomic E-state index is -4.64. The van der Waals surface area contributed by atoms with Crippen LogP contribution < -0.4 is 4.89 Å². The first kappa shape index (κ1) is 54.0. The Bertz CT molecular complexity index is 1100. The maximum Gasteiger partial charge on any atom is 0.306 e. The number of phosphoric ester groups is 1. The molecular formula is C46H84NO8P. The van der Waals surface area contributed by atoms with Crippen LogP contribution in [-0.2, 0) is 32.7 Å². The highest BCUT2D eigenvalue weighted by Gasteiger charge is 2.21. The standard InChI is InChI=1S/C46H84NO8P/c1-6-8-10-12-14-16-18-20-22-23-25-26-28-30-32-34-36-38-45(48)52-42-44(43-54-56(50,51)53-41-40-47(3,4)5)55-46(49)39-37-35-33-31-29-27-24-21-19-17-15-13-11-9-7-2/h13,15,20,22,25-26,30,32,44H,6-12,14,16-19,21,23-24,27-29,31,33-43H2,1-5H3/b15-13+,22-20+,26-25+,32-30+/t44-/m1/s1. The smallest absolute Gasteiger partial charge is 0.306 e. The van der Waals surface area contributed by atoms with E-state index in [9.17, 15) is 19.0 Å². The summed E-state index contributed by atoms with van der Waals surface area (Å²) in [5.74, 6) is -0.899. The predicted octanol–water partition coefficient (Wildman–Crippen LogP) is 12.1. The fourth-order valence-corrected chi connectivity index (χ4v) is 6.50. The van der Waals surface area contributed by atoms with Gasteiger partial charge in [-0.2, -0.15) is 0 Å². The average Bonchev–Trinajstić information content (AvgIpc) is 3.15. The van der Waals surface area contributed by atoms with Crippen molar-refractivity contribution in [3.8, 4) is 0 Å². The van der Waals surface area contributed by atoms with Gasteiger partial charge in [-0.1, -0.05) is 152 Å². The van der Waals surface area contributed by atoms with Gasteiger partial charge in [0.15, 0.2) is 6.10 Å². The fraction of sp³-hybridized carbons (Fsp3) is 0.783. The van der Waals surface area contributed by atoms with Crippen LogP contribution in [0.2, 0.25) is 0 Å². The largest absolute Gasteiger partial charge is 0.756 e.